The zero-order chi connectivity index (χ0) is 14.4. The van der Waals surface area contributed by atoms with Gasteiger partial charge in [-0.3, -0.25) is 4.79 Å². The number of benzene rings is 2. The van der Waals surface area contributed by atoms with E-state index in [2.05, 4.69) is 13.0 Å². The number of rotatable bonds is 6. The molecule has 2 aromatic rings. The molecule has 3 heteroatoms. The van der Waals surface area contributed by atoms with E-state index in [1.54, 1.807) is 24.3 Å². The highest BCUT2D eigenvalue weighted by atomic mass is 16.5. The summed E-state index contributed by atoms with van der Waals surface area (Å²) >= 11 is 0. The van der Waals surface area contributed by atoms with E-state index >= 15 is 0 Å². The number of carbonyl (C=O) groups excluding carboxylic acids is 1. The molecule has 0 saturated carbocycles. The van der Waals surface area contributed by atoms with Gasteiger partial charge in [-0.05, 0) is 55.3 Å². The van der Waals surface area contributed by atoms with E-state index in [-0.39, 0.29) is 0 Å². The number of aryl methyl sites for hydroxylation is 1. The Morgan fingerprint density at radius 1 is 0.950 bits per heavy atom. The first-order valence-electron chi connectivity index (χ1n) is 6.58. The summed E-state index contributed by atoms with van der Waals surface area (Å²) in [4.78, 5) is 10.5. The molecule has 3 nitrogen and oxygen atoms in total. The van der Waals surface area contributed by atoms with E-state index in [9.17, 15) is 4.79 Å². The van der Waals surface area contributed by atoms with Crippen LogP contribution in [-0.2, 0) is 0 Å². The summed E-state index contributed by atoms with van der Waals surface area (Å²) in [5.74, 6) is 1.63. The highest BCUT2D eigenvalue weighted by molar-refractivity contribution is 5.74. The maximum absolute atomic E-state index is 10.5. The lowest BCUT2D eigenvalue weighted by molar-refractivity contribution is 0.112. The van der Waals surface area contributed by atoms with Gasteiger partial charge in [0.15, 0.2) is 0 Å². The minimum absolute atomic E-state index is 0.466. The molecule has 0 atom stereocenters. The highest BCUT2D eigenvalue weighted by Crippen LogP contribution is 2.20. The lowest BCUT2D eigenvalue weighted by Gasteiger charge is -2.11. The molecule has 0 fully saturated rings. The van der Waals surface area contributed by atoms with Crippen LogP contribution < -0.4 is 9.47 Å². The first-order chi connectivity index (χ1) is 9.70. The van der Waals surface area contributed by atoms with E-state index in [1.165, 1.54) is 5.56 Å². The van der Waals surface area contributed by atoms with Crippen molar-refractivity contribution in [1.82, 2.24) is 0 Å². The second-order valence-corrected chi connectivity index (χ2v) is 4.58. The van der Waals surface area contributed by atoms with Gasteiger partial charge in [0.1, 0.15) is 31.0 Å². The van der Waals surface area contributed by atoms with Crippen molar-refractivity contribution < 1.29 is 14.3 Å². The summed E-state index contributed by atoms with van der Waals surface area (Å²) < 4.78 is 11.3. The smallest absolute Gasteiger partial charge is 0.150 e. The molecule has 0 saturated heterocycles. The van der Waals surface area contributed by atoms with E-state index < -0.39 is 0 Å². The predicted octanol–water partition coefficient (Wildman–Crippen LogP) is 3.57. The summed E-state index contributed by atoms with van der Waals surface area (Å²) in [5.41, 5.74) is 3.01. The Labute approximate surface area is 119 Å². The fourth-order valence-corrected chi connectivity index (χ4v) is 1.83. The molecule has 0 amide bonds. The average molecular weight is 270 g/mol. The van der Waals surface area contributed by atoms with Gasteiger partial charge in [0, 0.05) is 5.56 Å². The Bertz CT molecular complexity index is 573. The monoisotopic (exact) mass is 270 g/mol. The number of ether oxygens (including phenoxy) is 2. The van der Waals surface area contributed by atoms with E-state index in [0.717, 1.165) is 23.3 Å². The standard InChI is InChI=1S/C17H18O3/c1-13-4-3-5-17(14(13)2)20-11-10-19-16-8-6-15(12-18)7-9-16/h3-9,12H,10-11H2,1-2H3. The van der Waals surface area contributed by atoms with Crippen LogP contribution in [0, 0.1) is 13.8 Å². The van der Waals surface area contributed by atoms with Crippen molar-refractivity contribution in [2.24, 2.45) is 0 Å². The number of aldehydes is 1. The molecule has 0 aliphatic carbocycles. The lowest BCUT2D eigenvalue weighted by atomic mass is 10.1. The normalized spacial score (nSPS) is 10.1. The first kappa shape index (κ1) is 14.1. The summed E-state index contributed by atoms with van der Waals surface area (Å²) in [7, 11) is 0. The molecule has 0 heterocycles. The molecule has 0 radical (unpaired) electrons. The molecule has 0 bridgehead atoms. The van der Waals surface area contributed by atoms with Crippen LogP contribution in [0.1, 0.15) is 21.5 Å². The first-order valence-corrected chi connectivity index (χ1v) is 6.58. The van der Waals surface area contributed by atoms with Crippen LogP contribution in [-0.4, -0.2) is 19.5 Å². The molecular weight excluding hydrogens is 252 g/mol. The van der Waals surface area contributed by atoms with Gasteiger partial charge in [0.2, 0.25) is 0 Å². The third-order valence-electron chi connectivity index (χ3n) is 3.18. The van der Waals surface area contributed by atoms with Crippen LogP contribution >= 0.6 is 0 Å². The molecule has 0 aromatic heterocycles. The van der Waals surface area contributed by atoms with Gasteiger partial charge in [-0.15, -0.1) is 0 Å². The van der Waals surface area contributed by atoms with Crippen LogP contribution in [0.5, 0.6) is 11.5 Å². The molecule has 104 valence electrons. The van der Waals surface area contributed by atoms with Crippen molar-refractivity contribution in [3.63, 3.8) is 0 Å². The zero-order valence-corrected chi connectivity index (χ0v) is 11.8. The molecule has 20 heavy (non-hydrogen) atoms. The van der Waals surface area contributed by atoms with E-state index in [4.69, 9.17) is 9.47 Å². The summed E-state index contributed by atoms with van der Waals surface area (Å²) in [5, 5.41) is 0. The molecule has 0 spiro atoms. The summed E-state index contributed by atoms with van der Waals surface area (Å²) in [6.45, 7) is 5.06. The van der Waals surface area contributed by atoms with Crippen LogP contribution in [0.25, 0.3) is 0 Å². The zero-order valence-electron chi connectivity index (χ0n) is 11.8. The molecule has 2 rings (SSSR count). The van der Waals surface area contributed by atoms with Gasteiger partial charge >= 0.3 is 0 Å². The number of carbonyl (C=O) groups is 1. The second kappa shape index (κ2) is 6.75. The maximum atomic E-state index is 10.5. The molecule has 0 unspecified atom stereocenters. The Morgan fingerprint density at radius 2 is 1.65 bits per heavy atom. The molecule has 0 aliphatic rings. The third-order valence-corrected chi connectivity index (χ3v) is 3.18. The highest BCUT2D eigenvalue weighted by Gasteiger charge is 2.01. The minimum atomic E-state index is 0.466. The largest absolute Gasteiger partial charge is 0.490 e. The van der Waals surface area contributed by atoms with Crippen LogP contribution in [0.4, 0.5) is 0 Å². The van der Waals surface area contributed by atoms with Crippen LogP contribution in [0.2, 0.25) is 0 Å². The van der Waals surface area contributed by atoms with Gasteiger partial charge in [-0.25, -0.2) is 0 Å². The quantitative estimate of drug-likeness (QED) is 0.594. The van der Waals surface area contributed by atoms with E-state index in [1.807, 2.05) is 19.1 Å². The van der Waals surface area contributed by atoms with Crippen LogP contribution in [0.3, 0.4) is 0 Å². The van der Waals surface area contributed by atoms with Crippen molar-refractivity contribution in [2.75, 3.05) is 13.2 Å². The topological polar surface area (TPSA) is 35.5 Å². The predicted molar refractivity (Wildman–Crippen MR) is 78.7 cm³/mol. The second-order valence-electron chi connectivity index (χ2n) is 4.58. The van der Waals surface area contributed by atoms with Gasteiger partial charge in [-0.1, -0.05) is 12.1 Å². The molecule has 0 aliphatic heterocycles. The maximum Gasteiger partial charge on any atom is 0.150 e. The Hall–Kier alpha value is -2.29. The SMILES string of the molecule is Cc1cccc(OCCOc2ccc(C=O)cc2)c1C. The van der Waals surface area contributed by atoms with Gasteiger partial charge in [-0.2, -0.15) is 0 Å². The van der Waals surface area contributed by atoms with Crippen molar-refractivity contribution >= 4 is 6.29 Å². The van der Waals surface area contributed by atoms with Crippen molar-refractivity contribution in [2.45, 2.75) is 13.8 Å². The number of hydrogen-bond acceptors (Lipinski definition) is 3. The Kier molecular flexibility index (Phi) is 4.77. The average Bonchev–Trinajstić information content (AvgIpc) is 2.48. The summed E-state index contributed by atoms with van der Waals surface area (Å²) in [6, 6.07) is 13.0. The molecule has 0 N–H and O–H groups in total. The lowest BCUT2D eigenvalue weighted by Crippen LogP contribution is -2.09. The Balaban J connectivity index is 1.81. The number of hydrogen-bond donors (Lipinski definition) is 0. The minimum Gasteiger partial charge on any atom is -0.490 e. The molecule has 2 aromatic carbocycles. The Morgan fingerprint density at radius 3 is 2.35 bits per heavy atom. The van der Waals surface area contributed by atoms with Gasteiger partial charge in [0.25, 0.3) is 0 Å². The van der Waals surface area contributed by atoms with Crippen molar-refractivity contribution in [3.8, 4) is 11.5 Å². The van der Waals surface area contributed by atoms with Crippen LogP contribution in [0.15, 0.2) is 42.5 Å². The fourth-order valence-electron chi connectivity index (χ4n) is 1.83. The summed E-state index contributed by atoms with van der Waals surface area (Å²) in [6.07, 6.45) is 0.813. The van der Waals surface area contributed by atoms with Crippen molar-refractivity contribution in [3.05, 3.63) is 59.2 Å². The van der Waals surface area contributed by atoms with E-state index in [0.29, 0.717) is 18.8 Å². The van der Waals surface area contributed by atoms with Gasteiger partial charge < -0.3 is 9.47 Å². The van der Waals surface area contributed by atoms with Crippen molar-refractivity contribution in [1.29, 1.82) is 0 Å². The third kappa shape index (κ3) is 3.60. The molecular formula is C17H18O3. The fraction of sp³-hybridized carbons (Fsp3) is 0.235. The van der Waals surface area contributed by atoms with Gasteiger partial charge in [0.05, 0.1) is 0 Å².